The molecule has 1 aliphatic carbocycles. The molecular weight excluding hydrogens is 214 g/mol. The predicted octanol–water partition coefficient (Wildman–Crippen LogP) is 1.45. The molecule has 2 bridgehead atoms. The van der Waals surface area contributed by atoms with Gasteiger partial charge >= 0.3 is 6.03 Å². The van der Waals surface area contributed by atoms with E-state index in [0.717, 1.165) is 25.9 Å². The van der Waals surface area contributed by atoms with Gasteiger partial charge in [0.2, 0.25) is 0 Å². The molecular formula is C13H23N3O. The molecule has 2 heterocycles. The van der Waals surface area contributed by atoms with Crippen LogP contribution in [0.3, 0.4) is 0 Å². The van der Waals surface area contributed by atoms with Crippen molar-refractivity contribution < 1.29 is 4.79 Å². The van der Waals surface area contributed by atoms with Gasteiger partial charge in [-0.25, -0.2) is 4.79 Å². The molecule has 0 aromatic heterocycles. The summed E-state index contributed by atoms with van der Waals surface area (Å²) in [5.41, 5.74) is 5.69. The lowest BCUT2D eigenvalue weighted by atomic mass is 9.73. The quantitative estimate of drug-likeness (QED) is 0.725. The first-order valence-corrected chi connectivity index (χ1v) is 7.03. The van der Waals surface area contributed by atoms with Crippen LogP contribution in [-0.2, 0) is 0 Å². The van der Waals surface area contributed by atoms with E-state index >= 15 is 0 Å². The summed E-state index contributed by atoms with van der Waals surface area (Å²) in [6.45, 7) is 1.88. The van der Waals surface area contributed by atoms with Crippen molar-refractivity contribution in [3.05, 3.63) is 0 Å². The predicted molar refractivity (Wildman–Crippen MR) is 66.6 cm³/mol. The van der Waals surface area contributed by atoms with E-state index in [4.69, 9.17) is 5.73 Å². The summed E-state index contributed by atoms with van der Waals surface area (Å²) in [4.78, 5) is 13.8. The second-order valence-corrected chi connectivity index (χ2v) is 5.97. The van der Waals surface area contributed by atoms with Gasteiger partial charge in [0.25, 0.3) is 0 Å². The summed E-state index contributed by atoms with van der Waals surface area (Å²) in [5, 5.41) is 3.52. The van der Waals surface area contributed by atoms with Gasteiger partial charge < -0.3 is 16.0 Å². The fourth-order valence-corrected chi connectivity index (χ4v) is 4.44. The van der Waals surface area contributed by atoms with Crippen molar-refractivity contribution >= 4 is 6.03 Å². The number of nitrogens with zero attached hydrogens (tertiary/aromatic N) is 1. The highest BCUT2D eigenvalue weighted by Gasteiger charge is 2.54. The highest BCUT2D eigenvalue weighted by molar-refractivity contribution is 5.74. The van der Waals surface area contributed by atoms with Gasteiger partial charge in [0, 0.05) is 19.1 Å². The number of carbonyl (C=O) groups excluding carboxylic acids is 1. The maximum atomic E-state index is 11.8. The Morgan fingerprint density at radius 1 is 1.24 bits per heavy atom. The Kier molecular flexibility index (Phi) is 2.77. The number of fused-ring (bicyclic) bond motifs is 2. The summed E-state index contributed by atoms with van der Waals surface area (Å²) in [7, 11) is 0. The van der Waals surface area contributed by atoms with Crippen molar-refractivity contribution in [3.63, 3.8) is 0 Å². The Hall–Kier alpha value is -0.770. The van der Waals surface area contributed by atoms with Gasteiger partial charge in [-0.1, -0.05) is 19.3 Å². The van der Waals surface area contributed by atoms with Gasteiger partial charge in [0.1, 0.15) is 0 Å². The van der Waals surface area contributed by atoms with Crippen LogP contribution in [0.15, 0.2) is 0 Å². The number of piperazine rings is 1. The average molecular weight is 237 g/mol. The van der Waals surface area contributed by atoms with Crippen LogP contribution < -0.4 is 11.1 Å². The maximum absolute atomic E-state index is 11.8. The number of amides is 2. The summed E-state index contributed by atoms with van der Waals surface area (Å²) in [6, 6.07) is 0.155. The molecule has 3 fully saturated rings. The Labute approximate surface area is 103 Å². The number of urea groups is 1. The van der Waals surface area contributed by atoms with Crippen LogP contribution in [0.2, 0.25) is 0 Å². The van der Waals surface area contributed by atoms with Gasteiger partial charge in [0.05, 0.1) is 5.54 Å². The summed E-state index contributed by atoms with van der Waals surface area (Å²) < 4.78 is 0. The molecule has 17 heavy (non-hydrogen) atoms. The summed E-state index contributed by atoms with van der Waals surface area (Å²) in [5.74, 6) is 0.668. The standard InChI is InChI=1S/C13H23N3O/c14-12(17)16-11-6-7-13(16,9-15-8-11)10-4-2-1-3-5-10/h10-11,15H,1-9H2,(H2,14,17). The fraction of sp³-hybridized carbons (Fsp3) is 0.923. The van der Waals surface area contributed by atoms with E-state index in [2.05, 4.69) is 5.32 Å². The van der Waals surface area contributed by atoms with E-state index in [1.807, 2.05) is 4.90 Å². The third-order valence-corrected chi connectivity index (χ3v) is 5.17. The number of nitrogens with one attached hydrogen (secondary N) is 1. The molecule has 2 aliphatic heterocycles. The zero-order chi connectivity index (χ0) is 11.9. The normalized spacial score (nSPS) is 38.4. The first kappa shape index (κ1) is 11.3. The molecule has 4 heteroatoms. The van der Waals surface area contributed by atoms with Gasteiger partial charge in [-0.05, 0) is 31.6 Å². The minimum absolute atomic E-state index is 0.0508. The monoisotopic (exact) mass is 237 g/mol. The molecule has 4 nitrogen and oxygen atoms in total. The van der Waals surface area contributed by atoms with Crippen LogP contribution in [0.5, 0.6) is 0 Å². The van der Waals surface area contributed by atoms with E-state index in [1.165, 1.54) is 32.1 Å². The molecule has 3 N–H and O–H groups in total. The third kappa shape index (κ3) is 1.65. The molecule has 96 valence electrons. The molecule has 2 saturated heterocycles. The molecule has 2 amide bonds. The van der Waals surface area contributed by atoms with Crippen molar-refractivity contribution in [2.24, 2.45) is 11.7 Å². The molecule has 0 aromatic rings. The van der Waals surface area contributed by atoms with Crippen molar-refractivity contribution in [2.45, 2.75) is 56.5 Å². The van der Waals surface area contributed by atoms with E-state index in [1.54, 1.807) is 0 Å². The van der Waals surface area contributed by atoms with Crippen LogP contribution in [0, 0.1) is 5.92 Å². The van der Waals surface area contributed by atoms with Crippen molar-refractivity contribution in [2.75, 3.05) is 13.1 Å². The molecule has 2 atom stereocenters. The highest BCUT2D eigenvalue weighted by Crippen LogP contribution is 2.46. The second-order valence-electron chi connectivity index (χ2n) is 5.97. The van der Waals surface area contributed by atoms with Crippen molar-refractivity contribution in [1.82, 2.24) is 10.2 Å². The number of hydrogen-bond acceptors (Lipinski definition) is 2. The lowest BCUT2D eigenvalue weighted by Gasteiger charge is -2.50. The smallest absolute Gasteiger partial charge is 0.315 e. The zero-order valence-corrected chi connectivity index (χ0v) is 10.5. The van der Waals surface area contributed by atoms with Crippen LogP contribution >= 0.6 is 0 Å². The number of rotatable bonds is 1. The second kappa shape index (κ2) is 4.16. The van der Waals surface area contributed by atoms with Gasteiger partial charge in [-0.3, -0.25) is 0 Å². The van der Waals surface area contributed by atoms with E-state index in [0.29, 0.717) is 12.0 Å². The zero-order valence-electron chi connectivity index (χ0n) is 10.5. The molecule has 0 radical (unpaired) electrons. The number of carbonyl (C=O) groups is 1. The topological polar surface area (TPSA) is 58.4 Å². The Morgan fingerprint density at radius 2 is 2.00 bits per heavy atom. The van der Waals surface area contributed by atoms with Crippen molar-refractivity contribution in [1.29, 1.82) is 0 Å². The van der Waals surface area contributed by atoms with Crippen LogP contribution in [-0.4, -0.2) is 35.6 Å². The molecule has 0 spiro atoms. The van der Waals surface area contributed by atoms with E-state index < -0.39 is 0 Å². The molecule has 2 unspecified atom stereocenters. The van der Waals surface area contributed by atoms with Crippen LogP contribution in [0.1, 0.15) is 44.9 Å². The van der Waals surface area contributed by atoms with Crippen molar-refractivity contribution in [3.8, 4) is 0 Å². The Balaban J connectivity index is 1.88. The van der Waals surface area contributed by atoms with E-state index in [9.17, 15) is 4.79 Å². The lowest BCUT2D eigenvalue weighted by molar-refractivity contribution is 0.0386. The minimum Gasteiger partial charge on any atom is -0.351 e. The fourth-order valence-electron chi connectivity index (χ4n) is 4.44. The number of hydrogen-bond donors (Lipinski definition) is 2. The summed E-state index contributed by atoms with van der Waals surface area (Å²) >= 11 is 0. The first-order chi connectivity index (χ1) is 8.24. The van der Waals surface area contributed by atoms with Crippen LogP contribution in [0.4, 0.5) is 4.79 Å². The number of primary amides is 1. The van der Waals surface area contributed by atoms with Crippen LogP contribution in [0.25, 0.3) is 0 Å². The molecule has 1 saturated carbocycles. The highest BCUT2D eigenvalue weighted by atomic mass is 16.2. The average Bonchev–Trinajstić information content (AvgIpc) is 2.59. The van der Waals surface area contributed by atoms with E-state index in [-0.39, 0.29) is 11.6 Å². The SMILES string of the molecule is NC(=O)N1C2CCC1(C1CCCCC1)CNC2. The Morgan fingerprint density at radius 3 is 2.71 bits per heavy atom. The Bertz CT molecular complexity index is 310. The number of nitrogens with two attached hydrogens (primary N) is 1. The minimum atomic E-state index is -0.195. The molecule has 0 aromatic carbocycles. The molecule has 3 aliphatic rings. The maximum Gasteiger partial charge on any atom is 0.315 e. The first-order valence-electron chi connectivity index (χ1n) is 7.03. The summed E-state index contributed by atoms with van der Waals surface area (Å²) in [6.07, 6.45) is 8.84. The van der Waals surface area contributed by atoms with Gasteiger partial charge in [-0.2, -0.15) is 0 Å². The van der Waals surface area contributed by atoms with Gasteiger partial charge in [-0.15, -0.1) is 0 Å². The van der Waals surface area contributed by atoms with Gasteiger partial charge in [0.15, 0.2) is 0 Å². The third-order valence-electron chi connectivity index (χ3n) is 5.17. The molecule has 3 rings (SSSR count). The lowest BCUT2D eigenvalue weighted by Crippen LogP contribution is -2.66. The largest absolute Gasteiger partial charge is 0.351 e.